The van der Waals surface area contributed by atoms with Crippen LogP contribution in [-0.4, -0.2) is 240 Å². The number of carbonyl (C=O) groups is 7. The van der Waals surface area contributed by atoms with E-state index >= 15 is 0 Å². The number of hydrogen-bond acceptors (Lipinski definition) is 32. The van der Waals surface area contributed by atoms with Crippen molar-refractivity contribution >= 4 is 41.8 Å². The molecule has 32 nitrogen and oxygen atoms in total. The van der Waals surface area contributed by atoms with Gasteiger partial charge in [-0.25, -0.2) is 58.1 Å². The Morgan fingerprint density at radius 3 is 1.20 bits per heavy atom. The summed E-state index contributed by atoms with van der Waals surface area (Å²) < 4.78 is 4.22. The maximum Gasteiger partial charge on any atom is 0.429 e. The molecule has 0 saturated heterocycles. The van der Waals surface area contributed by atoms with Gasteiger partial charge in [-0.15, -0.1) is 0 Å². The summed E-state index contributed by atoms with van der Waals surface area (Å²) in [5, 5.41) is 164. The van der Waals surface area contributed by atoms with Crippen LogP contribution in [0.5, 0.6) is 0 Å². The van der Waals surface area contributed by atoms with E-state index in [1.807, 2.05) is 0 Å². The van der Waals surface area contributed by atoms with E-state index in [4.69, 9.17) is 26.2 Å². The van der Waals surface area contributed by atoms with Crippen LogP contribution in [0.1, 0.15) is 12.8 Å². The van der Waals surface area contributed by atoms with Gasteiger partial charge >= 0.3 is 47.6 Å². The summed E-state index contributed by atoms with van der Waals surface area (Å²) >= 11 is 0. The Morgan fingerprint density at radius 2 is 0.814 bits per heavy atom. The van der Waals surface area contributed by atoms with Crippen LogP contribution in [0.4, 0.5) is 0 Å². The number of hydrogen-bond donors (Lipinski definition) is 18. The summed E-state index contributed by atoms with van der Waals surface area (Å²) in [5.74, 6) is -20.2. The van der Waals surface area contributed by atoms with E-state index < -0.39 is 166 Å². The van der Waals surface area contributed by atoms with Gasteiger partial charge in [-0.3, -0.25) is 4.79 Å². The standard InChI is InChI=1S/C27H43NO31/c28-7(3-29)21(46)53-27(52,20(45)15(40)10(35)6-32)25(50)59-55-12(37)2-26(51,24(49)58-57-23(48)19(44)17(42)14(39)9(34)5-31)1-11(36)54-56-22(47)18(43)16(41)13(38)8(33)4-30/h7-10,13-20,29-35,38-45,51-52H,1-6,28H2. The maximum absolute atomic E-state index is 12.8. The summed E-state index contributed by atoms with van der Waals surface area (Å²) in [7, 11) is 0. The second-order valence-corrected chi connectivity index (χ2v) is 11.8. The highest BCUT2D eigenvalue weighted by atomic mass is 17.2. The molecule has 19 N–H and O–H groups in total. The van der Waals surface area contributed by atoms with Gasteiger partial charge in [0.1, 0.15) is 54.9 Å². The van der Waals surface area contributed by atoms with Gasteiger partial charge in [0.15, 0.2) is 23.9 Å². The fourth-order valence-corrected chi connectivity index (χ4v) is 3.63. The highest BCUT2D eigenvalue weighted by molar-refractivity contribution is 5.91. The quantitative estimate of drug-likeness (QED) is 0.0196. The zero-order valence-corrected chi connectivity index (χ0v) is 29.6. The molecule has 59 heavy (non-hydrogen) atoms. The lowest BCUT2D eigenvalue weighted by molar-refractivity contribution is -0.314. The van der Waals surface area contributed by atoms with Crippen LogP contribution in [0, 0.1) is 0 Å². The smallest absolute Gasteiger partial charge is 0.417 e. The summed E-state index contributed by atoms with van der Waals surface area (Å²) in [6.45, 7) is -5.08. The molecule has 32 heteroatoms. The van der Waals surface area contributed by atoms with Crippen molar-refractivity contribution in [2.45, 2.75) is 97.4 Å². The number of rotatable bonds is 23. The molecule has 0 aliphatic carbocycles. The fourth-order valence-electron chi connectivity index (χ4n) is 3.63. The van der Waals surface area contributed by atoms with Crippen molar-refractivity contribution < 1.29 is 154 Å². The molecule has 0 radical (unpaired) electrons. The molecule has 14 unspecified atom stereocenters. The first-order valence-corrected chi connectivity index (χ1v) is 15.8. The molecular formula is C27H43NO31. The normalized spacial score (nSPS) is 19.7. The molecule has 0 fully saturated rings. The molecule has 0 aromatic carbocycles. The van der Waals surface area contributed by atoms with Crippen LogP contribution < -0.4 is 5.73 Å². The maximum atomic E-state index is 12.8. The van der Waals surface area contributed by atoms with E-state index in [1.54, 1.807) is 0 Å². The average Bonchev–Trinajstić information content (AvgIpc) is 3.22. The molecule has 0 spiro atoms. The van der Waals surface area contributed by atoms with Crippen LogP contribution in [0.25, 0.3) is 0 Å². The second-order valence-electron chi connectivity index (χ2n) is 11.8. The van der Waals surface area contributed by atoms with E-state index in [2.05, 4.69) is 34.1 Å². The third-order valence-electron chi connectivity index (χ3n) is 7.23. The van der Waals surface area contributed by atoms with Gasteiger partial charge in [0.2, 0.25) is 0 Å². The molecule has 0 heterocycles. The first-order chi connectivity index (χ1) is 27.2. The minimum absolute atomic E-state index is 1.21. The van der Waals surface area contributed by atoms with Crippen LogP contribution in [0.2, 0.25) is 0 Å². The van der Waals surface area contributed by atoms with Crippen molar-refractivity contribution in [3.05, 3.63) is 0 Å². The van der Waals surface area contributed by atoms with Crippen LogP contribution in [0.15, 0.2) is 0 Å². The summed E-state index contributed by atoms with van der Waals surface area (Å²) in [6, 6.07) is -2.10. The molecule has 14 atom stereocenters. The lowest BCUT2D eigenvalue weighted by atomic mass is 9.96. The van der Waals surface area contributed by atoms with Gasteiger partial charge in [0.05, 0.1) is 39.3 Å². The number of ether oxygens (including phenoxy) is 1. The topological polar surface area (TPSA) is 554 Å². The fraction of sp³-hybridized carbons (Fsp3) is 0.741. The van der Waals surface area contributed by atoms with Crippen molar-refractivity contribution in [1.29, 1.82) is 0 Å². The average molecular weight is 878 g/mol. The minimum atomic E-state index is -4.27. The monoisotopic (exact) mass is 877 g/mol. The minimum Gasteiger partial charge on any atom is -0.417 e. The summed E-state index contributed by atoms with van der Waals surface area (Å²) in [5.41, 5.74) is 1.26. The Morgan fingerprint density at radius 1 is 0.458 bits per heavy atom. The summed E-state index contributed by atoms with van der Waals surface area (Å²) in [6.07, 6.45) is -33.0. The highest BCUT2D eigenvalue weighted by Gasteiger charge is 2.56. The van der Waals surface area contributed by atoms with Gasteiger partial charge in [-0.2, -0.15) is 0 Å². The highest BCUT2D eigenvalue weighted by Crippen LogP contribution is 2.24. The van der Waals surface area contributed by atoms with E-state index in [9.17, 15) is 99.9 Å². The van der Waals surface area contributed by atoms with E-state index in [0.29, 0.717) is 0 Å². The van der Waals surface area contributed by atoms with Crippen LogP contribution in [0.3, 0.4) is 0 Å². The molecule has 0 aromatic heterocycles. The molecule has 0 aromatic rings. The molecule has 0 amide bonds. The molecule has 342 valence electrons. The van der Waals surface area contributed by atoms with E-state index in [0.717, 1.165) is 0 Å². The Labute approximate surface area is 326 Å². The molecule has 0 bridgehead atoms. The zero-order valence-electron chi connectivity index (χ0n) is 29.6. The largest absolute Gasteiger partial charge is 0.429 e. The zero-order chi connectivity index (χ0) is 46.2. The van der Waals surface area contributed by atoms with E-state index in [1.165, 1.54) is 0 Å². The van der Waals surface area contributed by atoms with Gasteiger partial charge in [0.25, 0.3) is 0 Å². The Balaban J connectivity index is 6.36. The number of nitrogens with two attached hydrogens (primary N) is 1. The first kappa shape index (κ1) is 54.6. The second kappa shape index (κ2) is 24.6. The molecule has 0 aliphatic heterocycles. The molecule has 0 rings (SSSR count). The Hall–Kier alpha value is -4.43. The predicted molar refractivity (Wildman–Crippen MR) is 164 cm³/mol. The molecule has 0 saturated carbocycles. The van der Waals surface area contributed by atoms with Crippen molar-refractivity contribution in [2.24, 2.45) is 5.73 Å². The first-order valence-electron chi connectivity index (χ1n) is 15.8. The predicted octanol–water partition coefficient (Wildman–Crippen LogP) is -14.0. The third kappa shape index (κ3) is 15.6. The van der Waals surface area contributed by atoms with Gasteiger partial charge in [0, 0.05) is 0 Å². The molecular weight excluding hydrogens is 834 g/mol. The van der Waals surface area contributed by atoms with E-state index in [-0.39, 0.29) is 0 Å². The van der Waals surface area contributed by atoms with Gasteiger partial charge in [-0.1, -0.05) is 0 Å². The van der Waals surface area contributed by atoms with Gasteiger partial charge in [-0.05, 0) is 0 Å². The Kier molecular flexibility index (Phi) is 22.8. The Bertz CT molecular complexity index is 1410. The van der Waals surface area contributed by atoms with Crippen LogP contribution in [-0.2, 0) is 67.6 Å². The number of carbonyl (C=O) groups excluding carboxylic acids is 7. The summed E-state index contributed by atoms with van der Waals surface area (Å²) in [4.78, 5) is 110. The number of aliphatic hydroxyl groups excluding tert-OH is 15. The van der Waals surface area contributed by atoms with Crippen molar-refractivity contribution in [3.63, 3.8) is 0 Å². The lowest BCUT2D eigenvalue weighted by Gasteiger charge is -2.33. The van der Waals surface area contributed by atoms with Crippen molar-refractivity contribution in [2.75, 3.05) is 26.4 Å². The number of aliphatic hydroxyl groups is 17. The molecule has 0 aliphatic rings. The van der Waals surface area contributed by atoms with Crippen LogP contribution >= 0.6 is 0 Å². The third-order valence-corrected chi connectivity index (χ3v) is 7.23. The lowest BCUT2D eigenvalue weighted by Crippen LogP contribution is -2.62. The van der Waals surface area contributed by atoms with Crippen molar-refractivity contribution in [1.82, 2.24) is 0 Å². The van der Waals surface area contributed by atoms with Crippen molar-refractivity contribution in [3.8, 4) is 0 Å². The number of esters is 1. The SMILES string of the molecule is NC(CO)C(=O)OC(O)(C(=O)OOC(=O)CC(O)(CC(=O)OOC(=O)C(O)C(O)C(O)C(O)CO)C(=O)OOC(=O)C(O)C(O)C(O)C(O)CO)C(O)C(O)C(O)CO. The van der Waals surface area contributed by atoms with Gasteiger partial charge < -0.3 is 97.3 Å².